The monoisotopic (exact) mass is 238 g/mol. The lowest BCUT2D eigenvalue weighted by molar-refractivity contribution is -0.0699. The molecule has 1 aliphatic rings. The van der Waals surface area contributed by atoms with E-state index >= 15 is 0 Å². The third-order valence-electron chi connectivity index (χ3n) is 3.28. The van der Waals surface area contributed by atoms with Crippen LogP contribution in [0.1, 0.15) is 45.6 Å². The highest BCUT2D eigenvalue weighted by molar-refractivity contribution is 5.05. The maximum absolute atomic E-state index is 6.04. The van der Waals surface area contributed by atoms with Crippen molar-refractivity contribution in [1.82, 2.24) is 10.5 Å². The Bertz CT molecular complexity index is 396. The lowest BCUT2D eigenvalue weighted by Crippen LogP contribution is -2.42. The molecule has 0 amide bonds. The first-order valence-electron chi connectivity index (χ1n) is 6.14. The lowest BCUT2D eigenvalue weighted by Gasteiger charge is -2.27. The van der Waals surface area contributed by atoms with Gasteiger partial charge in [-0.3, -0.25) is 0 Å². The van der Waals surface area contributed by atoms with Gasteiger partial charge in [-0.25, -0.2) is 0 Å². The van der Waals surface area contributed by atoms with E-state index in [1.54, 1.807) is 0 Å². The standard InChI is InChI=1S/C13H22N2O2/c1-9-6-10(15-16-9)8-14-11-7-12(2,3)17-13(11,4)5/h6,11,14H,7-8H2,1-5H3. The zero-order valence-corrected chi connectivity index (χ0v) is 11.3. The Morgan fingerprint density at radius 1 is 1.41 bits per heavy atom. The van der Waals surface area contributed by atoms with Gasteiger partial charge in [0.2, 0.25) is 0 Å². The van der Waals surface area contributed by atoms with E-state index in [9.17, 15) is 0 Å². The molecule has 1 aromatic rings. The van der Waals surface area contributed by atoms with Crippen molar-refractivity contribution in [2.75, 3.05) is 0 Å². The molecule has 96 valence electrons. The van der Waals surface area contributed by atoms with Crippen molar-refractivity contribution >= 4 is 0 Å². The molecule has 1 fully saturated rings. The van der Waals surface area contributed by atoms with Gasteiger partial charge in [-0.2, -0.15) is 0 Å². The van der Waals surface area contributed by atoms with Crippen LogP contribution in [0.5, 0.6) is 0 Å². The molecule has 1 N–H and O–H groups in total. The fraction of sp³-hybridized carbons (Fsp3) is 0.769. The summed E-state index contributed by atoms with van der Waals surface area (Å²) in [6.07, 6.45) is 1.01. The average molecular weight is 238 g/mol. The molecular weight excluding hydrogens is 216 g/mol. The third-order valence-corrected chi connectivity index (χ3v) is 3.28. The molecule has 2 rings (SSSR count). The zero-order valence-electron chi connectivity index (χ0n) is 11.3. The van der Waals surface area contributed by atoms with Gasteiger partial charge in [0.15, 0.2) is 0 Å². The van der Waals surface area contributed by atoms with E-state index in [1.807, 2.05) is 13.0 Å². The molecule has 0 spiro atoms. The predicted octanol–water partition coefficient (Wildman–Crippen LogP) is 2.42. The van der Waals surface area contributed by atoms with Crippen LogP contribution < -0.4 is 5.32 Å². The second kappa shape index (κ2) is 4.10. The molecule has 1 atom stereocenters. The molecule has 4 nitrogen and oxygen atoms in total. The largest absolute Gasteiger partial charge is 0.368 e. The van der Waals surface area contributed by atoms with Crippen LogP contribution >= 0.6 is 0 Å². The van der Waals surface area contributed by atoms with Gasteiger partial charge in [0.05, 0.1) is 16.9 Å². The van der Waals surface area contributed by atoms with Crippen LogP contribution in [0.2, 0.25) is 0 Å². The van der Waals surface area contributed by atoms with Gasteiger partial charge in [0.25, 0.3) is 0 Å². The Morgan fingerprint density at radius 2 is 2.12 bits per heavy atom. The fourth-order valence-corrected chi connectivity index (χ4v) is 2.61. The van der Waals surface area contributed by atoms with Gasteiger partial charge >= 0.3 is 0 Å². The van der Waals surface area contributed by atoms with E-state index in [0.29, 0.717) is 6.04 Å². The van der Waals surface area contributed by atoms with Gasteiger partial charge in [-0.05, 0) is 41.0 Å². The Kier molecular flexibility index (Phi) is 3.04. The number of hydrogen-bond donors (Lipinski definition) is 1. The molecule has 1 unspecified atom stereocenters. The number of nitrogens with one attached hydrogen (secondary N) is 1. The van der Waals surface area contributed by atoms with Crippen molar-refractivity contribution in [3.63, 3.8) is 0 Å². The molecule has 4 heteroatoms. The van der Waals surface area contributed by atoms with Crippen LogP contribution in [0.3, 0.4) is 0 Å². The highest BCUT2D eigenvalue weighted by Crippen LogP contribution is 2.37. The van der Waals surface area contributed by atoms with Crippen LogP contribution in [0.15, 0.2) is 10.6 Å². The lowest BCUT2D eigenvalue weighted by atomic mass is 9.94. The molecule has 2 heterocycles. The molecule has 1 aromatic heterocycles. The Labute approximate surface area is 103 Å². The van der Waals surface area contributed by atoms with E-state index in [1.165, 1.54) is 0 Å². The smallest absolute Gasteiger partial charge is 0.133 e. The van der Waals surface area contributed by atoms with Gasteiger partial charge in [0, 0.05) is 18.7 Å². The number of nitrogens with zero attached hydrogens (tertiary/aromatic N) is 1. The van der Waals surface area contributed by atoms with Crippen molar-refractivity contribution in [2.24, 2.45) is 0 Å². The van der Waals surface area contributed by atoms with Crippen LogP contribution in [0.4, 0.5) is 0 Å². The first-order chi connectivity index (χ1) is 7.78. The summed E-state index contributed by atoms with van der Waals surface area (Å²) >= 11 is 0. The van der Waals surface area contributed by atoms with Crippen LogP contribution in [0, 0.1) is 6.92 Å². The number of rotatable bonds is 3. The minimum atomic E-state index is -0.137. The second-order valence-corrected chi connectivity index (χ2v) is 6.03. The number of aryl methyl sites for hydroxylation is 1. The number of aromatic nitrogens is 1. The molecular formula is C13H22N2O2. The van der Waals surface area contributed by atoms with Crippen molar-refractivity contribution in [3.8, 4) is 0 Å². The average Bonchev–Trinajstić information content (AvgIpc) is 2.64. The predicted molar refractivity (Wildman–Crippen MR) is 65.7 cm³/mol. The minimum absolute atomic E-state index is 0.0547. The van der Waals surface area contributed by atoms with Crippen molar-refractivity contribution in [2.45, 2.75) is 64.8 Å². The Hall–Kier alpha value is -0.870. The SMILES string of the molecule is Cc1cc(CNC2CC(C)(C)OC2(C)C)no1. The zero-order chi connectivity index (χ0) is 12.7. The highest BCUT2D eigenvalue weighted by atomic mass is 16.5. The summed E-state index contributed by atoms with van der Waals surface area (Å²) in [4.78, 5) is 0. The van der Waals surface area contributed by atoms with E-state index in [0.717, 1.165) is 24.4 Å². The molecule has 0 aliphatic carbocycles. The summed E-state index contributed by atoms with van der Waals surface area (Å²) in [5.41, 5.74) is 0.756. The Balaban J connectivity index is 1.95. The fourth-order valence-electron chi connectivity index (χ4n) is 2.61. The summed E-state index contributed by atoms with van der Waals surface area (Å²) in [7, 11) is 0. The Morgan fingerprint density at radius 3 is 2.59 bits per heavy atom. The first kappa shape index (κ1) is 12.6. The van der Waals surface area contributed by atoms with Crippen LogP contribution in [-0.4, -0.2) is 22.4 Å². The molecule has 0 bridgehead atoms. The first-order valence-corrected chi connectivity index (χ1v) is 6.14. The van der Waals surface area contributed by atoms with Crippen LogP contribution in [-0.2, 0) is 11.3 Å². The topological polar surface area (TPSA) is 47.3 Å². The van der Waals surface area contributed by atoms with E-state index in [-0.39, 0.29) is 11.2 Å². The second-order valence-electron chi connectivity index (χ2n) is 6.03. The van der Waals surface area contributed by atoms with Crippen molar-refractivity contribution < 1.29 is 9.26 Å². The molecule has 1 aliphatic heterocycles. The van der Waals surface area contributed by atoms with Crippen LogP contribution in [0.25, 0.3) is 0 Å². The van der Waals surface area contributed by atoms with Gasteiger partial charge in [0.1, 0.15) is 5.76 Å². The van der Waals surface area contributed by atoms with Gasteiger partial charge < -0.3 is 14.6 Å². The third kappa shape index (κ3) is 2.87. The van der Waals surface area contributed by atoms with Gasteiger partial charge in [-0.1, -0.05) is 5.16 Å². The van der Waals surface area contributed by atoms with Crippen molar-refractivity contribution in [1.29, 1.82) is 0 Å². The molecule has 0 radical (unpaired) electrons. The number of hydrogen-bond acceptors (Lipinski definition) is 4. The van der Waals surface area contributed by atoms with E-state index < -0.39 is 0 Å². The molecule has 17 heavy (non-hydrogen) atoms. The van der Waals surface area contributed by atoms with Gasteiger partial charge in [-0.15, -0.1) is 0 Å². The summed E-state index contributed by atoms with van der Waals surface area (Å²) in [5, 5.41) is 7.49. The quantitative estimate of drug-likeness (QED) is 0.878. The number of ether oxygens (including phenoxy) is 1. The summed E-state index contributed by atoms with van der Waals surface area (Å²) in [6.45, 7) is 11.2. The minimum Gasteiger partial charge on any atom is -0.368 e. The van der Waals surface area contributed by atoms with E-state index in [4.69, 9.17) is 9.26 Å². The molecule has 0 aromatic carbocycles. The maximum Gasteiger partial charge on any atom is 0.133 e. The maximum atomic E-state index is 6.04. The summed E-state index contributed by atoms with van der Waals surface area (Å²) < 4.78 is 11.1. The van der Waals surface area contributed by atoms with E-state index in [2.05, 4.69) is 38.2 Å². The normalized spacial score (nSPS) is 26.3. The van der Waals surface area contributed by atoms with Crippen molar-refractivity contribution in [3.05, 3.63) is 17.5 Å². The highest BCUT2D eigenvalue weighted by Gasteiger charge is 2.45. The molecule has 0 saturated carbocycles. The summed E-state index contributed by atoms with van der Waals surface area (Å²) in [5.74, 6) is 0.851. The summed E-state index contributed by atoms with van der Waals surface area (Å²) in [6, 6.07) is 2.30. The molecule has 1 saturated heterocycles.